The highest BCUT2D eigenvalue weighted by atomic mass is 16.8. The number of hydrogen-bond donors (Lipinski definition) is 23. The minimum atomic E-state index is -3.27. The number of aliphatic hydroxyl groups excluding tert-OH is 19. The molecular formula is C51H85N3O37. The van der Waals surface area contributed by atoms with Crippen molar-refractivity contribution in [2.75, 3.05) is 33.0 Å². The van der Waals surface area contributed by atoms with Crippen LogP contribution in [-0.4, -0.2) is 379 Å². The van der Waals surface area contributed by atoms with Crippen LogP contribution in [0, 0.1) is 0 Å². The van der Waals surface area contributed by atoms with Gasteiger partial charge in [-0.15, -0.1) is 0 Å². The van der Waals surface area contributed by atoms with Crippen molar-refractivity contribution in [3.8, 4) is 0 Å². The maximum absolute atomic E-state index is 13.3. The summed E-state index contributed by atoms with van der Waals surface area (Å²) in [5.74, 6) is -8.03. The molecule has 36 atom stereocenters. The zero-order valence-electron chi connectivity index (χ0n) is 49.3. The summed E-state index contributed by atoms with van der Waals surface area (Å²) < 4.78 is 76.4. The average Bonchev–Trinajstić information content (AvgIpc) is 1.16. The number of carbonyl (C=O) groups is 4. The largest absolute Gasteiger partial charge is 0.477 e. The molecule has 91 heavy (non-hydrogen) atoms. The van der Waals surface area contributed by atoms with Crippen molar-refractivity contribution in [1.29, 1.82) is 0 Å². The minimum Gasteiger partial charge on any atom is -0.477 e. The normalized spacial score (nSPS) is 48.0. The second-order valence-electron chi connectivity index (χ2n) is 23.2. The number of aliphatic carboxylic acids is 1. The lowest BCUT2D eigenvalue weighted by Crippen LogP contribution is -2.71. The van der Waals surface area contributed by atoms with Gasteiger partial charge in [-0.1, -0.05) is 0 Å². The maximum Gasteiger partial charge on any atom is 0.364 e. The SMILES string of the molecule is CC(=O)N[C@H]1[C@H](OC[C@H]2OC(O)[C@H](NC(C)=O)[C@@H](O[C@@H]3O[C@H](CO)[C@H](O)[C@H](O)[C@H]3O[C@@H]3O[C@@H](C)[C@@H](O)[C@@H](O)[C@@H]3O)[C@H]2O)O[C@H](CO)[C@@H](O[C@@H]2O[C@H](CO)[C@H](O)[C@H](O[C@]3(C(=O)O)C[C@H](O)[C@@H](NC(C)=O)[C@H]([C@H](O)[C@H](O)CO)O3)[C@H]2O)[C@@H]1O[C@@H]1O[C@@H](C)[C@@H](O)[C@@H](O)[C@@H]1O. The van der Waals surface area contributed by atoms with Crippen LogP contribution in [0.15, 0.2) is 0 Å². The molecule has 23 N–H and O–H groups in total. The van der Waals surface area contributed by atoms with E-state index < -0.39 is 284 Å². The van der Waals surface area contributed by atoms with Crippen LogP contribution >= 0.6 is 0 Å². The molecular weight excluding hydrogens is 1250 g/mol. The van der Waals surface area contributed by atoms with E-state index in [1.165, 1.54) is 13.8 Å². The van der Waals surface area contributed by atoms with Gasteiger partial charge in [0.15, 0.2) is 37.7 Å². The highest BCUT2D eigenvalue weighted by molar-refractivity contribution is 5.77. The highest BCUT2D eigenvalue weighted by Crippen LogP contribution is 2.41. The van der Waals surface area contributed by atoms with E-state index in [9.17, 15) is 121 Å². The molecule has 0 aromatic carbocycles. The van der Waals surface area contributed by atoms with Gasteiger partial charge in [0, 0.05) is 27.2 Å². The number of aliphatic hydroxyl groups is 19. The number of carboxylic acid groups (broad SMARTS) is 1. The van der Waals surface area contributed by atoms with Gasteiger partial charge < -0.3 is 180 Å². The van der Waals surface area contributed by atoms with Crippen molar-refractivity contribution in [2.24, 2.45) is 0 Å². The summed E-state index contributed by atoms with van der Waals surface area (Å²) in [6.45, 7) is -0.0616. The first-order chi connectivity index (χ1) is 42.7. The monoisotopic (exact) mass is 1330 g/mol. The molecule has 0 bridgehead atoms. The Balaban J connectivity index is 1.21. The van der Waals surface area contributed by atoms with E-state index in [0.717, 1.165) is 20.8 Å². The van der Waals surface area contributed by atoms with Crippen molar-refractivity contribution in [3.05, 3.63) is 0 Å². The van der Waals surface area contributed by atoms with Gasteiger partial charge >= 0.3 is 5.97 Å². The van der Waals surface area contributed by atoms with E-state index in [1.807, 2.05) is 0 Å². The molecule has 0 spiro atoms. The van der Waals surface area contributed by atoms with Gasteiger partial charge in [0.2, 0.25) is 17.7 Å². The lowest BCUT2D eigenvalue weighted by atomic mass is 9.88. The first-order valence-corrected chi connectivity index (χ1v) is 29.0. The Bertz CT molecular complexity index is 2380. The summed E-state index contributed by atoms with van der Waals surface area (Å²) in [6.07, 6.45) is -65.1. The smallest absolute Gasteiger partial charge is 0.364 e. The molecule has 1 unspecified atom stereocenters. The molecule has 40 nitrogen and oxygen atoms in total. The molecule has 40 heteroatoms. The van der Waals surface area contributed by atoms with Crippen LogP contribution < -0.4 is 16.0 Å². The first-order valence-electron chi connectivity index (χ1n) is 29.0. The van der Waals surface area contributed by atoms with E-state index in [4.69, 9.17) is 61.6 Å². The Morgan fingerprint density at radius 3 is 1.46 bits per heavy atom. The van der Waals surface area contributed by atoms with E-state index >= 15 is 0 Å². The van der Waals surface area contributed by atoms with Crippen LogP contribution in [0.1, 0.15) is 41.0 Å². The number of carbonyl (C=O) groups excluding carboxylic acids is 3. The lowest BCUT2D eigenvalue weighted by molar-refractivity contribution is -0.393. The predicted molar refractivity (Wildman–Crippen MR) is 281 cm³/mol. The maximum atomic E-state index is 13.3. The van der Waals surface area contributed by atoms with Crippen LogP contribution in [-0.2, 0) is 80.8 Å². The van der Waals surface area contributed by atoms with E-state index in [-0.39, 0.29) is 0 Å². The lowest BCUT2D eigenvalue weighted by Gasteiger charge is -2.52. The summed E-state index contributed by atoms with van der Waals surface area (Å²) in [5.41, 5.74) is 0. The van der Waals surface area contributed by atoms with Crippen LogP contribution in [0.5, 0.6) is 0 Å². The Hall–Kier alpha value is -3.40. The molecule has 7 rings (SSSR count). The van der Waals surface area contributed by atoms with Gasteiger partial charge in [0.1, 0.15) is 152 Å². The van der Waals surface area contributed by atoms with Crippen LogP contribution in [0.2, 0.25) is 0 Å². The van der Waals surface area contributed by atoms with Crippen LogP contribution in [0.3, 0.4) is 0 Å². The quantitative estimate of drug-likeness (QED) is 0.0452. The van der Waals surface area contributed by atoms with Crippen molar-refractivity contribution < 1.29 is 183 Å². The van der Waals surface area contributed by atoms with Crippen molar-refractivity contribution in [1.82, 2.24) is 16.0 Å². The molecule has 7 aliphatic heterocycles. The summed E-state index contributed by atoms with van der Waals surface area (Å²) in [4.78, 5) is 51.3. The third-order valence-electron chi connectivity index (χ3n) is 16.6. The van der Waals surface area contributed by atoms with E-state index in [0.29, 0.717) is 0 Å². The molecule has 0 aromatic heterocycles. The Labute approximate surface area is 516 Å². The summed E-state index contributed by atoms with van der Waals surface area (Å²) in [6, 6.07) is -5.39. The zero-order valence-corrected chi connectivity index (χ0v) is 49.3. The van der Waals surface area contributed by atoms with Crippen LogP contribution in [0.4, 0.5) is 0 Å². The number of nitrogens with one attached hydrogen (secondary N) is 3. The molecule has 0 saturated carbocycles. The highest BCUT2D eigenvalue weighted by Gasteiger charge is 2.62. The fraction of sp³-hybridized carbons (Fsp3) is 0.922. The number of carboxylic acids is 1. The van der Waals surface area contributed by atoms with Gasteiger partial charge in [-0.3, -0.25) is 14.4 Å². The summed E-state index contributed by atoms with van der Waals surface area (Å²) in [7, 11) is 0. The zero-order chi connectivity index (χ0) is 67.6. The van der Waals surface area contributed by atoms with Gasteiger partial charge in [-0.2, -0.15) is 0 Å². The molecule has 526 valence electrons. The van der Waals surface area contributed by atoms with Gasteiger partial charge in [0.25, 0.3) is 5.79 Å². The fourth-order valence-electron chi connectivity index (χ4n) is 11.7. The van der Waals surface area contributed by atoms with Gasteiger partial charge in [0.05, 0.1) is 57.4 Å². The Morgan fingerprint density at radius 1 is 0.473 bits per heavy atom. The van der Waals surface area contributed by atoms with Crippen molar-refractivity contribution in [2.45, 2.75) is 261 Å². The molecule has 7 aliphatic rings. The molecule has 3 amide bonds. The summed E-state index contributed by atoms with van der Waals surface area (Å²) in [5, 5.41) is 226. The van der Waals surface area contributed by atoms with Gasteiger partial charge in [-0.05, 0) is 13.8 Å². The van der Waals surface area contributed by atoms with Gasteiger partial charge in [-0.25, -0.2) is 4.79 Å². The summed E-state index contributed by atoms with van der Waals surface area (Å²) >= 11 is 0. The number of ether oxygens (including phenoxy) is 13. The third-order valence-corrected chi connectivity index (χ3v) is 16.6. The molecule has 0 aliphatic carbocycles. The second-order valence-corrected chi connectivity index (χ2v) is 23.2. The number of amides is 3. The topological polar surface area (TPSA) is 629 Å². The molecule has 7 heterocycles. The van der Waals surface area contributed by atoms with Crippen molar-refractivity contribution in [3.63, 3.8) is 0 Å². The molecule has 7 fully saturated rings. The fourth-order valence-corrected chi connectivity index (χ4v) is 11.7. The molecule has 0 aromatic rings. The molecule has 7 saturated heterocycles. The third kappa shape index (κ3) is 16.4. The standard InChI is InChI=1S/C51H85N3O37/c1-12-26(64)32(70)35(73)46(80-12)88-41-25(54-16(5)61)45(79-11-22-31(69)39(24(44(76)82-22)53-15(4)60)87-49-43(34(72)29(67)19(8-56)84-49)89-47-36(74)33(71)27(65)13(2)81-47)85-21(10-58)38(41)86-48-37(75)42(30(68)20(9-57)83-48)91-51(50(77)78)6-17(62)23(52-14(3)59)40(90-51)28(66)18(63)7-55/h12-13,17-49,55-58,62-76H,6-11H2,1-5H3,(H,52,59)(H,53,60)(H,54,61)(H,77,78)/t12-,13-,17-,18+,19+,20+,21+,22+,23+,24+,25+,26+,27+,28+,29-,30-,31-,32+,33+,34-,35-,36-,37+,38+,39+,40+,41+,42-,43+,44?,45+,46-,47-,48-,49-,51-/m0/s1. The number of rotatable bonds is 23. The average molecular weight is 1330 g/mol. The predicted octanol–water partition coefficient (Wildman–Crippen LogP) is -14.6. The Kier molecular flexibility index (Phi) is 26.1. The van der Waals surface area contributed by atoms with Crippen LogP contribution in [0.25, 0.3) is 0 Å². The minimum absolute atomic E-state index is 0.850. The number of hydrogen-bond acceptors (Lipinski definition) is 36. The first kappa shape index (κ1) is 75.0. The Morgan fingerprint density at radius 2 is 0.934 bits per heavy atom. The van der Waals surface area contributed by atoms with E-state index in [2.05, 4.69) is 16.0 Å². The molecule has 0 radical (unpaired) electrons. The van der Waals surface area contributed by atoms with Crippen molar-refractivity contribution >= 4 is 23.7 Å². The van der Waals surface area contributed by atoms with E-state index in [1.54, 1.807) is 0 Å². The second kappa shape index (κ2) is 31.6.